The maximum Gasteiger partial charge on any atom is 0.236 e. The van der Waals surface area contributed by atoms with Crippen molar-refractivity contribution in [3.05, 3.63) is 0 Å². The molecule has 0 radical (unpaired) electrons. The zero-order chi connectivity index (χ0) is 15.2. The zero-order valence-corrected chi connectivity index (χ0v) is 14.0. The Morgan fingerprint density at radius 2 is 1.81 bits per heavy atom. The first kappa shape index (κ1) is 16.7. The summed E-state index contributed by atoms with van der Waals surface area (Å²) >= 11 is 0. The first-order chi connectivity index (χ1) is 10.1. The van der Waals surface area contributed by atoms with Crippen LogP contribution in [-0.2, 0) is 4.79 Å². The molecule has 0 saturated carbocycles. The third-order valence-corrected chi connectivity index (χ3v) is 4.96. The maximum atomic E-state index is 12.4. The van der Waals surface area contributed by atoms with Crippen molar-refractivity contribution in [1.29, 1.82) is 0 Å². The van der Waals surface area contributed by atoms with Crippen LogP contribution < -0.4 is 5.32 Å². The Hall–Kier alpha value is -0.650. The molecule has 0 atom stereocenters. The van der Waals surface area contributed by atoms with Gasteiger partial charge in [0, 0.05) is 51.9 Å². The van der Waals surface area contributed by atoms with E-state index in [1.807, 2.05) is 0 Å². The molecule has 2 rings (SSSR count). The molecule has 2 heterocycles. The molecule has 5 heteroatoms. The second-order valence-corrected chi connectivity index (χ2v) is 6.88. The topological polar surface area (TPSA) is 38.8 Å². The van der Waals surface area contributed by atoms with Crippen LogP contribution in [0.2, 0.25) is 0 Å². The highest BCUT2D eigenvalue weighted by Crippen LogP contribution is 2.19. The molecule has 122 valence electrons. The predicted octanol–water partition coefficient (Wildman–Crippen LogP) is 0.470. The second-order valence-electron chi connectivity index (χ2n) is 6.88. The molecule has 2 saturated heterocycles. The lowest BCUT2D eigenvalue weighted by Crippen LogP contribution is -2.50. The first-order valence-electron chi connectivity index (χ1n) is 8.47. The van der Waals surface area contributed by atoms with E-state index in [0.717, 1.165) is 64.6 Å². The van der Waals surface area contributed by atoms with E-state index in [1.165, 1.54) is 0 Å². The minimum Gasteiger partial charge on any atom is -0.342 e. The van der Waals surface area contributed by atoms with Crippen LogP contribution >= 0.6 is 0 Å². The molecular formula is C16H32N4O. The summed E-state index contributed by atoms with van der Waals surface area (Å²) < 4.78 is 0. The average Bonchev–Trinajstić information content (AvgIpc) is 2.48. The van der Waals surface area contributed by atoms with E-state index in [4.69, 9.17) is 0 Å². The van der Waals surface area contributed by atoms with Gasteiger partial charge in [0.2, 0.25) is 5.91 Å². The minimum atomic E-state index is 0.326. The highest BCUT2D eigenvalue weighted by Gasteiger charge is 2.25. The average molecular weight is 296 g/mol. The number of nitrogens with zero attached hydrogens (tertiary/aromatic N) is 3. The molecule has 0 spiro atoms. The monoisotopic (exact) mass is 296 g/mol. The van der Waals surface area contributed by atoms with Crippen molar-refractivity contribution < 1.29 is 4.79 Å². The number of carbonyl (C=O) groups is 1. The predicted molar refractivity (Wildman–Crippen MR) is 86.4 cm³/mol. The normalized spacial score (nSPS) is 22.2. The van der Waals surface area contributed by atoms with E-state index in [9.17, 15) is 4.79 Å². The Morgan fingerprint density at radius 1 is 1.19 bits per heavy atom. The molecule has 0 unspecified atom stereocenters. The molecule has 0 aromatic heterocycles. The maximum absolute atomic E-state index is 12.4. The third kappa shape index (κ3) is 5.24. The van der Waals surface area contributed by atoms with E-state index < -0.39 is 0 Å². The Kier molecular flexibility index (Phi) is 6.45. The van der Waals surface area contributed by atoms with E-state index in [0.29, 0.717) is 18.5 Å². The van der Waals surface area contributed by atoms with Crippen LogP contribution in [0.5, 0.6) is 0 Å². The number of hydrogen-bond acceptors (Lipinski definition) is 4. The van der Waals surface area contributed by atoms with Crippen molar-refractivity contribution in [2.75, 3.05) is 59.4 Å². The molecule has 2 fully saturated rings. The van der Waals surface area contributed by atoms with Crippen LogP contribution in [0.25, 0.3) is 0 Å². The quantitative estimate of drug-likeness (QED) is 0.800. The van der Waals surface area contributed by atoms with E-state index in [1.54, 1.807) is 0 Å². The SMILES string of the molecule is CC(C)N(C)CC1CCN(C(=O)CN2CCNCC2)CC1. The molecule has 0 bridgehead atoms. The Bertz CT molecular complexity index is 320. The highest BCUT2D eigenvalue weighted by molar-refractivity contribution is 5.78. The van der Waals surface area contributed by atoms with Crippen LogP contribution in [0.1, 0.15) is 26.7 Å². The zero-order valence-electron chi connectivity index (χ0n) is 14.0. The lowest BCUT2D eigenvalue weighted by atomic mass is 9.96. The van der Waals surface area contributed by atoms with Crippen molar-refractivity contribution >= 4 is 5.91 Å². The van der Waals surface area contributed by atoms with Crippen LogP contribution in [0.3, 0.4) is 0 Å². The molecule has 5 nitrogen and oxygen atoms in total. The fourth-order valence-corrected chi connectivity index (χ4v) is 3.14. The lowest BCUT2D eigenvalue weighted by molar-refractivity contribution is -0.134. The number of carbonyl (C=O) groups excluding carboxylic acids is 1. The second kappa shape index (κ2) is 8.11. The molecular weight excluding hydrogens is 264 g/mol. The van der Waals surface area contributed by atoms with Crippen molar-refractivity contribution in [3.63, 3.8) is 0 Å². The van der Waals surface area contributed by atoms with E-state index in [2.05, 4.69) is 40.9 Å². The van der Waals surface area contributed by atoms with Gasteiger partial charge in [-0.25, -0.2) is 0 Å². The first-order valence-corrected chi connectivity index (χ1v) is 8.47. The Morgan fingerprint density at radius 3 is 2.38 bits per heavy atom. The Labute approximate surface area is 129 Å². The fourth-order valence-electron chi connectivity index (χ4n) is 3.14. The standard InChI is InChI=1S/C16H32N4O/c1-14(2)18(3)12-15-4-8-20(9-5-15)16(21)13-19-10-6-17-7-11-19/h14-15,17H,4-13H2,1-3H3. The number of hydrogen-bond donors (Lipinski definition) is 1. The van der Waals surface area contributed by atoms with Gasteiger partial charge in [0.1, 0.15) is 0 Å². The van der Waals surface area contributed by atoms with Gasteiger partial charge < -0.3 is 15.1 Å². The van der Waals surface area contributed by atoms with Crippen LogP contribution in [0, 0.1) is 5.92 Å². The molecule has 2 aliphatic rings. The summed E-state index contributed by atoms with van der Waals surface area (Å²) in [6, 6.07) is 0.609. The number of rotatable bonds is 5. The van der Waals surface area contributed by atoms with Gasteiger partial charge in [-0.1, -0.05) is 0 Å². The third-order valence-electron chi connectivity index (χ3n) is 4.96. The number of nitrogens with one attached hydrogen (secondary N) is 1. The van der Waals surface area contributed by atoms with Crippen LogP contribution in [-0.4, -0.2) is 86.1 Å². The molecule has 21 heavy (non-hydrogen) atoms. The fraction of sp³-hybridized carbons (Fsp3) is 0.938. The number of piperidine rings is 1. The van der Waals surface area contributed by atoms with E-state index >= 15 is 0 Å². The molecule has 2 aliphatic heterocycles. The molecule has 0 aliphatic carbocycles. The molecule has 1 amide bonds. The number of amides is 1. The van der Waals surface area contributed by atoms with Crippen LogP contribution in [0.4, 0.5) is 0 Å². The highest BCUT2D eigenvalue weighted by atomic mass is 16.2. The minimum absolute atomic E-state index is 0.326. The van der Waals surface area contributed by atoms with Gasteiger partial charge in [0.15, 0.2) is 0 Å². The summed E-state index contributed by atoms with van der Waals surface area (Å²) in [4.78, 5) is 19.1. The van der Waals surface area contributed by atoms with Gasteiger partial charge in [0.25, 0.3) is 0 Å². The number of likely N-dealkylation sites (tertiary alicyclic amines) is 1. The van der Waals surface area contributed by atoms with Gasteiger partial charge in [-0.15, -0.1) is 0 Å². The summed E-state index contributed by atoms with van der Waals surface area (Å²) in [5.41, 5.74) is 0. The van der Waals surface area contributed by atoms with E-state index in [-0.39, 0.29) is 0 Å². The molecule has 1 N–H and O–H groups in total. The summed E-state index contributed by atoms with van der Waals surface area (Å²) in [5.74, 6) is 1.08. The smallest absolute Gasteiger partial charge is 0.236 e. The molecule has 0 aromatic carbocycles. The molecule has 0 aromatic rings. The summed E-state index contributed by atoms with van der Waals surface area (Å²) in [7, 11) is 2.20. The van der Waals surface area contributed by atoms with Crippen LogP contribution in [0.15, 0.2) is 0 Å². The van der Waals surface area contributed by atoms with Gasteiger partial charge in [-0.3, -0.25) is 9.69 Å². The summed E-state index contributed by atoms with van der Waals surface area (Å²) in [6.45, 7) is 12.2. The van der Waals surface area contributed by atoms with Gasteiger partial charge in [0.05, 0.1) is 6.54 Å². The Balaban J connectivity index is 1.69. The van der Waals surface area contributed by atoms with Crippen molar-refractivity contribution in [1.82, 2.24) is 20.0 Å². The summed E-state index contributed by atoms with van der Waals surface area (Å²) in [6.07, 6.45) is 2.31. The van der Waals surface area contributed by atoms with Gasteiger partial charge in [-0.2, -0.15) is 0 Å². The van der Waals surface area contributed by atoms with Crippen molar-refractivity contribution in [3.8, 4) is 0 Å². The number of piperazine rings is 1. The summed E-state index contributed by atoms with van der Waals surface area (Å²) in [5, 5.41) is 3.33. The lowest BCUT2D eigenvalue weighted by Gasteiger charge is -2.36. The van der Waals surface area contributed by atoms with Crippen molar-refractivity contribution in [2.24, 2.45) is 5.92 Å². The van der Waals surface area contributed by atoms with Gasteiger partial charge in [-0.05, 0) is 39.7 Å². The largest absolute Gasteiger partial charge is 0.342 e. The van der Waals surface area contributed by atoms with Crippen molar-refractivity contribution in [2.45, 2.75) is 32.7 Å². The van der Waals surface area contributed by atoms with Gasteiger partial charge >= 0.3 is 0 Å².